The van der Waals surface area contributed by atoms with Crippen LogP contribution in [0.4, 0.5) is 11.9 Å². The molecule has 112 valence electrons. The molecule has 0 spiro atoms. The highest BCUT2D eigenvalue weighted by Gasteiger charge is 2.19. The summed E-state index contributed by atoms with van der Waals surface area (Å²) in [5, 5.41) is 18.8. The summed E-state index contributed by atoms with van der Waals surface area (Å²) in [6.45, 7) is 12.4. The predicted octanol–water partition coefficient (Wildman–Crippen LogP) is 2.40. The first-order valence-electron chi connectivity index (χ1n) is 6.84. The summed E-state index contributed by atoms with van der Waals surface area (Å²) in [7, 11) is 0. The van der Waals surface area contributed by atoms with Crippen LogP contribution in [0.25, 0.3) is 0 Å². The maximum atomic E-state index is 4.44. The smallest absolute Gasteiger partial charge is 0.249 e. The molecular weight excluding hydrogens is 266 g/mol. The van der Waals surface area contributed by atoms with Crippen LogP contribution in [0, 0.1) is 0 Å². The van der Waals surface area contributed by atoms with Gasteiger partial charge in [0.2, 0.25) is 11.9 Å². The lowest BCUT2D eigenvalue weighted by Gasteiger charge is -2.18. The van der Waals surface area contributed by atoms with Crippen LogP contribution >= 0.6 is 0 Å². The molecule has 2 heterocycles. The standard InChI is InChI=1S/C14H21N7/c1-13(2,3)9-7-15-20-11(17-9)19-12-18-10(8-16-21-12)14(4,5)6/h7-8H,1-6H3,(H,17,18,19,20,21). The molecule has 0 fully saturated rings. The Morgan fingerprint density at radius 1 is 0.714 bits per heavy atom. The molecule has 0 aromatic carbocycles. The SMILES string of the molecule is CC(C)(C)c1cnnc(Nc2nncc(C(C)(C)C)n2)n1. The van der Waals surface area contributed by atoms with Crippen molar-refractivity contribution in [3.63, 3.8) is 0 Å². The fourth-order valence-electron chi connectivity index (χ4n) is 1.54. The third kappa shape index (κ3) is 3.90. The van der Waals surface area contributed by atoms with Gasteiger partial charge in [-0.2, -0.15) is 10.2 Å². The molecule has 2 aromatic heterocycles. The Bertz CT molecular complexity index is 570. The summed E-state index contributed by atoms with van der Waals surface area (Å²) < 4.78 is 0. The van der Waals surface area contributed by atoms with Crippen molar-refractivity contribution in [1.29, 1.82) is 0 Å². The summed E-state index contributed by atoms with van der Waals surface area (Å²) in [6, 6.07) is 0. The molecular formula is C14H21N7. The second kappa shape index (κ2) is 5.31. The van der Waals surface area contributed by atoms with Crippen molar-refractivity contribution < 1.29 is 0 Å². The molecule has 0 unspecified atom stereocenters. The summed E-state index contributed by atoms with van der Waals surface area (Å²) in [5.74, 6) is 0.741. The van der Waals surface area contributed by atoms with E-state index >= 15 is 0 Å². The molecule has 0 amide bonds. The van der Waals surface area contributed by atoms with Gasteiger partial charge in [0.15, 0.2) is 0 Å². The first kappa shape index (κ1) is 15.2. The lowest BCUT2D eigenvalue weighted by Crippen LogP contribution is -2.17. The highest BCUT2D eigenvalue weighted by molar-refractivity contribution is 5.41. The van der Waals surface area contributed by atoms with Crippen molar-refractivity contribution in [1.82, 2.24) is 30.4 Å². The first-order valence-corrected chi connectivity index (χ1v) is 6.84. The predicted molar refractivity (Wildman–Crippen MR) is 80.3 cm³/mol. The van der Waals surface area contributed by atoms with Gasteiger partial charge in [-0.05, 0) is 0 Å². The number of nitrogens with one attached hydrogen (secondary N) is 1. The molecule has 0 saturated carbocycles. The van der Waals surface area contributed by atoms with Gasteiger partial charge in [0.25, 0.3) is 0 Å². The Morgan fingerprint density at radius 2 is 1.10 bits per heavy atom. The zero-order chi connectivity index (χ0) is 15.7. The Morgan fingerprint density at radius 3 is 1.43 bits per heavy atom. The lowest BCUT2D eigenvalue weighted by atomic mass is 9.93. The second-order valence-electron chi connectivity index (χ2n) is 6.96. The highest BCUT2D eigenvalue weighted by atomic mass is 15.3. The number of anilines is 2. The Labute approximate surface area is 124 Å². The molecule has 1 N–H and O–H groups in total. The van der Waals surface area contributed by atoms with E-state index in [0.717, 1.165) is 11.4 Å². The van der Waals surface area contributed by atoms with Crippen LogP contribution in [0.1, 0.15) is 52.9 Å². The quantitative estimate of drug-likeness (QED) is 0.907. The van der Waals surface area contributed by atoms with E-state index < -0.39 is 0 Å². The number of nitrogens with zero attached hydrogens (tertiary/aromatic N) is 6. The maximum Gasteiger partial charge on any atom is 0.249 e. The molecule has 0 atom stereocenters. The Balaban J connectivity index is 2.27. The van der Waals surface area contributed by atoms with E-state index in [2.05, 4.69) is 77.2 Å². The van der Waals surface area contributed by atoms with Crippen molar-refractivity contribution in [2.75, 3.05) is 5.32 Å². The highest BCUT2D eigenvalue weighted by Crippen LogP contribution is 2.21. The normalized spacial score (nSPS) is 12.3. The summed E-state index contributed by atoms with van der Waals surface area (Å²) in [6.07, 6.45) is 3.33. The van der Waals surface area contributed by atoms with Crippen molar-refractivity contribution in [2.24, 2.45) is 0 Å². The van der Waals surface area contributed by atoms with Crippen LogP contribution in [-0.4, -0.2) is 30.4 Å². The minimum Gasteiger partial charge on any atom is -0.290 e. The minimum absolute atomic E-state index is 0.0985. The van der Waals surface area contributed by atoms with Crippen molar-refractivity contribution in [3.05, 3.63) is 23.8 Å². The van der Waals surface area contributed by atoms with Crippen molar-refractivity contribution in [3.8, 4) is 0 Å². The largest absolute Gasteiger partial charge is 0.290 e. The van der Waals surface area contributed by atoms with Crippen molar-refractivity contribution in [2.45, 2.75) is 52.4 Å². The minimum atomic E-state index is -0.0985. The Hall–Kier alpha value is -2.18. The fourth-order valence-corrected chi connectivity index (χ4v) is 1.54. The third-order valence-corrected chi connectivity index (χ3v) is 2.88. The van der Waals surface area contributed by atoms with E-state index in [4.69, 9.17) is 0 Å². The van der Waals surface area contributed by atoms with E-state index in [1.165, 1.54) is 0 Å². The third-order valence-electron chi connectivity index (χ3n) is 2.88. The molecule has 7 nitrogen and oxygen atoms in total. The van der Waals surface area contributed by atoms with Crippen LogP contribution in [0.15, 0.2) is 12.4 Å². The Kier molecular flexibility index (Phi) is 3.85. The second-order valence-corrected chi connectivity index (χ2v) is 6.96. The molecule has 7 heteroatoms. The van der Waals surface area contributed by atoms with E-state index in [1.54, 1.807) is 12.4 Å². The van der Waals surface area contributed by atoms with Gasteiger partial charge in [-0.15, -0.1) is 10.2 Å². The van der Waals surface area contributed by atoms with Crippen LogP contribution in [0.5, 0.6) is 0 Å². The fraction of sp³-hybridized carbons (Fsp3) is 0.571. The van der Waals surface area contributed by atoms with Gasteiger partial charge in [0, 0.05) is 10.8 Å². The van der Waals surface area contributed by atoms with Gasteiger partial charge >= 0.3 is 0 Å². The number of aromatic nitrogens is 6. The number of rotatable bonds is 2. The molecule has 0 saturated heterocycles. The first-order chi connectivity index (χ1) is 9.66. The van der Waals surface area contributed by atoms with Gasteiger partial charge in [-0.1, -0.05) is 41.5 Å². The molecule has 2 rings (SSSR count). The average Bonchev–Trinajstić information content (AvgIpc) is 2.37. The van der Waals surface area contributed by atoms with Gasteiger partial charge in [-0.3, -0.25) is 5.32 Å². The van der Waals surface area contributed by atoms with Crippen LogP contribution < -0.4 is 5.32 Å². The maximum absolute atomic E-state index is 4.44. The monoisotopic (exact) mass is 287 g/mol. The summed E-state index contributed by atoms with van der Waals surface area (Å²) in [5.41, 5.74) is 1.50. The zero-order valence-corrected chi connectivity index (χ0v) is 13.3. The molecule has 0 radical (unpaired) electrons. The van der Waals surface area contributed by atoms with E-state index in [9.17, 15) is 0 Å². The van der Waals surface area contributed by atoms with Crippen molar-refractivity contribution >= 4 is 11.9 Å². The van der Waals surface area contributed by atoms with Gasteiger partial charge in [-0.25, -0.2) is 9.97 Å². The van der Waals surface area contributed by atoms with Crippen LogP contribution in [-0.2, 0) is 10.8 Å². The molecule has 0 aliphatic rings. The summed E-state index contributed by atoms with van der Waals surface area (Å²) in [4.78, 5) is 8.88. The van der Waals surface area contributed by atoms with Crippen LogP contribution in [0.3, 0.4) is 0 Å². The number of hydrogen-bond acceptors (Lipinski definition) is 7. The van der Waals surface area contributed by atoms with Gasteiger partial charge in [0.05, 0.1) is 23.8 Å². The van der Waals surface area contributed by atoms with Crippen LogP contribution in [0.2, 0.25) is 0 Å². The van der Waals surface area contributed by atoms with E-state index in [1.807, 2.05) is 0 Å². The zero-order valence-electron chi connectivity index (χ0n) is 13.3. The number of hydrogen-bond donors (Lipinski definition) is 1. The lowest BCUT2D eigenvalue weighted by molar-refractivity contribution is 0.559. The topological polar surface area (TPSA) is 89.4 Å². The molecule has 21 heavy (non-hydrogen) atoms. The molecule has 0 bridgehead atoms. The summed E-state index contributed by atoms with van der Waals surface area (Å²) >= 11 is 0. The van der Waals surface area contributed by atoms with E-state index in [-0.39, 0.29) is 10.8 Å². The molecule has 2 aromatic rings. The van der Waals surface area contributed by atoms with Gasteiger partial charge in [0.1, 0.15) is 0 Å². The van der Waals surface area contributed by atoms with Gasteiger partial charge < -0.3 is 0 Å². The molecule has 0 aliphatic carbocycles. The van der Waals surface area contributed by atoms with E-state index in [0.29, 0.717) is 11.9 Å². The molecule has 0 aliphatic heterocycles. The average molecular weight is 287 g/mol.